The fourth-order valence-electron chi connectivity index (χ4n) is 7.26. The lowest BCUT2D eigenvalue weighted by molar-refractivity contribution is -0.144. The Bertz CT molecular complexity index is 1210. The molecule has 2 N–H and O–H groups in total. The van der Waals surface area contributed by atoms with Gasteiger partial charge in [0.25, 0.3) is 0 Å². The summed E-state index contributed by atoms with van der Waals surface area (Å²) >= 11 is 1.72. The zero-order valence-corrected chi connectivity index (χ0v) is 26.4. The second kappa shape index (κ2) is 12.1. The van der Waals surface area contributed by atoms with E-state index in [9.17, 15) is 19.2 Å². The van der Waals surface area contributed by atoms with Crippen LogP contribution in [0.25, 0.3) is 0 Å². The first-order valence-corrected chi connectivity index (χ1v) is 16.5. The molecule has 2 aliphatic carbocycles. The zero-order valence-electron chi connectivity index (χ0n) is 25.6. The highest BCUT2D eigenvalue weighted by Gasteiger charge is 2.59. The average molecular weight is 599 g/mol. The minimum Gasteiger partial charge on any atom is -0.444 e. The number of hydrogen-bond acceptors (Lipinski definition) is 6. The Morgan fingerprint density at radius 1 is 1.07 bits per heavy atom. The van der Waals surface area contributed by atoms with Crippen LogP contribution >= 0.6 is 11.8 Å². The number of hydrogen-bond donors (Lipinski definition) is 2. The van der Waals surface area contributed by atoms with Crippen LogP contribution in [-0.2, 0) is 25.5 Å². The smallest absolute Gasteiger partial charge is 0.410 e. The number of thioether (sulfide) groups is 1. The molecule has 3 fully saturated rings. The van der Waals surface area contributed by atoms with Crippen molar-refractivity contribution in [1.82, 2.24) is 20.4 Å². The van der Waals surface area contributed by atoms with E-state index in [0.29, 0.717) is 12.2 Å². The normalized spacial score (nSPS) is 27.5. The maximum absolute atomic E-state index is 14.3. The van der Waals surface area contributed by atoms with Gasteiger partial charge in [-0.05, 0) is 89.5 Å². The van der Waals surface area contributed by atoms with Gasteiger partial charge < -0.3 is 20.3 Å². The Labute approximate surface area is 253 Å². The van der Waals surface area contributed by atoms with Crippen molar-refractivity contribution in [2.75, 3.05) is 12.8 Å². The second-order valence-electron chi connectivity index (χ2n) is 13.5. The predicted molar refractivity (Wildman–Crippen MR) is 163 cm³/mol. The van der Waals surface area contributed by atoms with Crippen LogP contribution in [0.15, 0.2) is 24.3 Å². The van der Waals surface area contributed by atoms with E-state index in [0.717, 1.165) is 51.4 Å². The maximum atomic E-state index is 14.3. The summed E-state index contributed by atoms with van der Waals surface area (Å²) in [5.74, 6) is 0.0208. The van der Waals surface area contributed by atoms with E-state index >= 15 is 0 Å². The molecule has 230 valence electrons. The van der Waals surface area contributed by atoms with Gasteiger partial charge in [-0.3, -0.25) is 19.3 Å². The van der Waals surface area contributed by atoms with E-state index in [1.165, 1.54) is 23.1 Å². The predicted octanol–water partition coefficient (Wildman–Crippen LogP) is 4.54. The second-order valence-corrected chi connectivity index (χ2v) is 14.8. The van der Waals surface area contributed by atoms with Gasteiger partial charge in [-0.1, -0.05) is 37.1 Å². The molecule has 2 aliphatic heterocycles. The molecule has 4 amide bonds. The van der Waals surface area contributed by atoms with Crippen molar-refractivity contribution >= 4 is 35.6 Å². The van der Waals surface area contributed by atoms with Gasteiger partial charge in [-0.25, -0.2) is 4.79 Å². The third-order valence-corrected chi connectivity index (χ3v) is 10.8. The first-order chi connectivity index (χ1) is 19.9. The fraction of sp³-hybridized carbons (Fsp3) is 0.688. The molecule has 5 atom stereocenters. The summed E-state index contributed by atoms with van der Waals surface area (Å²) in [7, 11) is 1.52. The Balaban J connectivity index is 1.34. The quantitative estimate of drug-likeness (QED) is 0.515. The minimum atomic E-state index is -0.829. The molecular formula is C32H46N4O5S. The summed E-state index contributed by atoms with van der Waals surface area (Å²) in [6.07, 6.45) is 7.58. The average Bonchev–Trinajstić information content (AvgIpc) is 3.50. The number of likely N-dealkylation sites (N-methyl/N-ethyl adjacent to an activating group) is 1. The van der Waals surface area contributed by atoms with E-state index < -0.39 is 35.7 Å². The molecule has 0 bridgehead atoms. The van der Waals surface area contributed by atoms with Crippen molar-refractivity contribution in [1.29, 1.82) is 0 Å². The topological polar surface area (TPSA) is 108 Å². The van der Waals surface area contributed by atoms with Crippen LogP contribution in [0.4, 0.5) is 4.79 Å². The number of carbonyl (C=O) groups is 4. The molecule has 10 heteroatoms. The number of aryl methyl sites for hydroxylation is 1. The summed E-state index contributed by atoms with van der Waals surface area (Å²) in [5, 5.41) is 6.21. The number of amides is 4. The van der Waals surface area contributed by atoms with Crippen LogP contribution in [0.2, 0.25) is 0 Å². The molecule has 1 aromatic carbocycles. The molecule has 5 rings (SSSR count). The van der Waals surface area contributed by atoms with E-state index in [1.807, 2.05) is 17.0 Å². The van der Waals surface area contributed by atoms with Crippen LogP contribution < -0.4 is 10.6 Å². The number of rotatable bonds is 5. The number of nitrogens with zero attached hydrogens (tertiary/aromatic N) is 2. The van der Waals surface area contributed by atoms with E-state index in [1.54, 1.807) is 39.5 Å². The lowest BCUT2D eigenvalue weighted by Gasteiger charge is -2.37. The van der Waals surface area contributed by atoms with Crippen molar-refractivity contribution in [2.24, 2.45) is 5.41 Å². The van der Waals surface area contributed by atoms with Crippen LogP contribution in [0.3, 0.4) is 0 Å². The molecule has 0 aromatic heterocycles. The Morgan fingerprint density at radius 3 is 2.50 bits per heavy atom. The van der Waals surface area contributed by atoms with Crippen LogP contribution in [0, 0.1) is 5.41 Å². The van der Waals surface area contributed by atoms with Gasteiger partial charge >= 0.3 is 6.09 Å². The molecule has 1 spiro atoms. The van der Waals surface area contributed by atoms with Gasteiger partial charge in [0, 0.05) is 12.5 Å². The van der Waals surface area contributed by atoms with Crippen molar-refractivity contribution in [3.8, 4) is 0 Å². The summed E-state index contributed by atoms with van der Waals surface area (Å²) in [4.78, 5) is 57.4. The Kier molecular flexibility index (Phi) is 8.84. The summed E-state index contributed by atoms with van der Waals surface area (Å²) in [6, 6.07) is 6.12. The molecule has 0 radical (unpaired) electrons. The minimum absolute atomic E-state index is 0.0607. The maximum Gasteiger partial charge on any atom is 0.410 e. The summed E-state index contributed by atoms with van der Waals surface area (Å²) < 4.78 is 5.42. The van der Waals surface area contributed by atoms with Gasteiger partial charge in [0.05, 0.1) is 11.4 Å². The number of ether oxygens (including phenoxy) is 1. The lowest BCUT2D eigenvalue weighted by Crippen LogP contribution is -2.59. The third-order valence-electron chi connectivity index (χ3n) is 9.51. The summed E-state index contributed by atoms with van der Waals surface area (Å²) in [5.41, 5.74) is 1.54. The van der Waals surface area contributed by atoms with Crippen molar-refractivity contribution in [3.63, 3.8) is 0 Å². The van der Waals surface area contributed by atoms with Crippen molar-refractivity contribution in [3.05, 3.63) is 35.4 Å². The van der Waals surface area contributed by atoms with Crippen LogP contribution in [0.1, 0.15) is 96.2 Å². The molecule has 4 aliphatic rings. The Morgan fingerprint density at radius 2 is 1.79 bits per heavy atom. The van der Waals surface area contributed by atoms with Gasteiger partial charge in [-0.2, -0.15) is 0 Å². The van der Waals surface area contributed by atoms with Gasteiger partial charge in [-0.15, -0.1) is 11.8 Å². The molecule has 42 heavy (non-hydrogen) atoms. The molecular weight excluding hydrogens is 552 g/mol. The summed E-state index contributed by atoms with van der Waals surface area (Å²) in [6.45, 7) is 6.94. The fourth-order valence-corrected chi connectivity index (χ4v) is 8.74. The number of nitrogens with one attached hydrogen (secondary N) is 2. The highest BCUT2D eigenvalue weighted by atomic mass is 32.2. The molecule has 1 aromatic rings. The van der Waals surface area contributed by atoms with Gasteiger partial charge in [0.15, 0.2) is 0 Å². The van der Waals surface area contributed by atoms with Gasteiger partial charge in [0.1, 0.15) is 23.7 Å². The highest BCUT2D eigenvalue weighted by Crippen LogP contribution is 2.55. The van der Waals surface area contributed by atoms with Crippen LogP contribution in [0.5, 0.6) is 0 Å². The van der Waals surface area contributed by atoms with Crippen molar-refractivity contribution < 1.29 is 23.9 Å². The highest BCUT2D eigenvalue weighted by molar-refractivity contribution is 7.99. The first kappa shape index (κ1) is 30.7. The standard InChI is InChI=1S/C32H46N4O5S/c1-20(35(5)30(40)41-31(2,3)4)27(37)34-24-15-18-42-25-19-32(16-8-9-17-32)26(36(25)29(24)39)28(38)33-23-14-10-12-21-11-6-7-13-22(21)23/h6-7,11,13,20,23-26H,8-10,12,14-19H2,1-5H3,(H,33,38)(H,34,37)/t20-,23+,24-,25-,26+/m0/s1. The number of carbonyl (C=O) groups excluding carboxylic acids is 4. The molecule has 2 saturated heterocycles. The third kappa shape index (κ3) is 6.15. The van der Waals surface area contributed by atoms with Gasteiger partial charge in [0.2, 0.25) is 17.7 Å². The number of benzene rings is 1. The van der Waals surface area contributed by atoms with Crippen molar-refractivity contribution in [2.45, 2.75) is 121 Å². The van der Waals surface area contributed by atoms with E-state index in [-0.39, 0.29) is 28.6 Å². The number of fused-ring (bicyclic) bond motifs is 2. The monoisotopic (exact) mass is 598 g/mol. The lowest BCUT2D eigenvalue weighted by atomic mass is 9.77. The van der Waals surface area contributed by atoms with E-state index in [2.05, 4.69) is 22.8 Å². The SMILES string of the molecule is C[C@@H](C(=O)N[C@H]1CCS[C@H]2CC3(CCCC3)[C@@H](C(=O)N[C@@H]3CCCc4ccccc43)N2C1=O)N(C)C(=O)OC(C)(C)C. The molecule has 1 saturated carbocycles. The van der Waals surface area contributed by atoms with E-state index in [4.69, 9.17) is 4.74 Å². The van der Waals surface area contributed by atoms with Crippen LogP contribution in [-0.4, -0.2) is 75.5 Å². The molecule has 0 unspecified atom stereocenters. The Hall–Kier alpha value is -2.75. The first-order valence-electron chi connectivity index (χ1n) is 15.5. The molecule has 9 nitrogen and oxygen atoms in total. The zero-order chi connectivity index (χ0) is 30.2. The largest absolute Gasteiger partial charge is 0.444 e. The molecule has 2 heterocycles.